The molecule has 8 nitrogen and oxygen atoms in total. The highest BCUT2D eigenvalue weighted by molar-refractivity contribution is 7.89. The van der Waals surface area contributed by atoms with E-state index in [9.17, 15) is 26.8 Å². The number of anilines is 2. The van der Waals surface area contributed by atoms with Crippen LogP contribution in [0.15, 0.2) is 77.7 Å². The van der Waals surface area contributed by atoms with E-state index >= 15 is 0 Å². The van der Waals surface area contributed by atoms with Crippen LogP contribution in [0.1, 0.15) is 22.8 Å². The van der Waals surface area contributed by atoms with Gasteiger partial charge in [-0.25, -0.2) is 13.1 Å². The predicted octanol–water partition coefficient (Wildman–Crippen LogP) is 3.98. The third kappa shape index (κ3) is 7.09. The molecule has 178 valence electrons. The molecule has 0 bridgehead atoms. The molecule has 3 aromatic rings. The molecule has 0 saturated heterocycles. The van der Waals surface area contributed by atoms with Crippen molar-refractivity contribution in [2.24, 2.45) is 0 Å². The van der Waals surface area contributed by atoms with Crippen LogP contribution in [0, 0.1) is 0 Å². The second kappa shape index (κ2) is 10.9. The van der Waals surface area contributed by atoms with E-state index < -0.39 is 22.5 Å². The lowest BCUT2D eigenvalue weighted by molar-refractivity contribution is -0.114. The topological polar surface area (TPSA) is 114 Å². The number of amides is 2. The minimum Gasteiger partial charge on any atom is -0.435 e. The summed E-state index contributed by atoms with van der Waals surface area (Å²) < 4.78 is 56.4. The minimum absolute atomic E-state index is 0.00923. The summed E-state index contributed by atoms with van der Waals surface area (Å²) in [5.41, 5.74) is 1.67. The number of hydrogen-bond acceptors (Lipinski definition) is 5. The smallest absolute Gasteiger partial charge is 0.387 e. The van der Waals surface area contributed by atoms with Crippen molar-refractivity contribution >= 4 is 33.2 Å². The SMILES string of the molecule is CC(=O)Nc1ccc(S(=O)(=O)NCc2ccc(C(=O)Nc3cccc(OC(F)F)c3)cc2)cc1. The molecule has 3 N–H and O–H groups in total. The van der Waals surface area contributed by atoms with Crippen molar-refractivity contribution in [3.8, 4) is 5.75 Å². The average Bonchev–Trinajstić information content (AvgIpc) is 2.78. The maximum atomic E-state index is 12.5. The highest BCUT2D eigenvalue weighted by atomic mass is 32.2. The summed E-state index contributed by atoms with van der Waals surface area (Å²) in [4.78, 5) is 23.5. The van der Waals surface area contributed by atoms with Crippen LogP contribution < -0.4 is 20.1 Å². The maximum Gasteiger partial charge on any atom is 0.387 e. The van der Waals surface area contributed by atoms with Gasteiger partial charge in [-0.3, -0.25) is 9.59 Å². The molecular weight excluding hydrogens is 468 g/mol. The second-order valence-corrected chi connectivity index (χ2v) is 8.85. The van der Waals surface area contributed by atoms with Crippen LogP contribution in [0.4, 0.5) is 20.2 Å². The van der Waals surface area contributed by atoms with Gasteiger partial charge in [-0.15, -0.1) is 0 Å². The summed E-state index contributed by atoms with van der Waals surface area (Å²) in [5, 5.41) is 5.14. The van der Waals surface area contributed by atoms with Gasteiger partial charge in [0, 0.05) is 36.5 Å². The molecule has 2 amide bonds. The van der Waals surface area contributed by atoms with Crippen LogP contribution in [-0.4, -0.2) is 26.8 Å². The van der Waals surface area contributed by atoms with E-state index in [-0.39, 0.29) is 28.8 Å². The van der Waals surface area contributed by atoms with E-state index in [1.165, 1.54) is 67.6 Å². The number of benzene rings is 3. The third-order valence-corrected chi connectivity index (χ3v) is 5.90. The Balaban J connectivity index is 1.59. The Morgan fingerprint density at radius 2 is 1.59 bits per heavy atom. The molecule has 0 aliphatic carbocycles. The summed E-state index contributed by atoms with van der Waals surface area (Å²) in [5.74, 6) is -0.819. The number of carbonyl (C=O) groups is 2. The Kier molecular flexibility index (Phi) is 7.92. The van der Waals surface area contributed by atoms with Crippen LogP contribution in [-0.2, 0) is 21.4 Å². The van der Waals surface area contributed by atoms with Crippen LogP contribution in [0.3, 0.4) is 0 Å². The van der Waals surface area contributed by atoms with Crippen molar-refractivity contribution in [1.29, 1.82) is 0 Å². The number of hydrogen-bond donors (Lipinski definition) is 3. The van der Waals surface area contributed by atoms with E-state index in [0.29, 0.717) is 16.8 Å². The number of rotatable bonds is 9. The van der Waals surface area contributed by atoms with Crippen molar-refractivity contribution in [1.82, 2.24) is 4.72 Å². The van der Waals surface area contributed by atoms with Gasteiger partial charge in [0.1, 0.15) is 5.75 Å². The molecule has 0 saturated carbocycles. The van der Waals surface area contributed by atoms with Crippen molar-refractivity contribution in [3.05, 3.63) is 83.9 Å². The molecule has 0 spiro atoms. The Labute approximate surface area is 195 Å². The number of sulfonamides is 1. The van der Waals surface area contributed by atoms with Gasteiger partial charge in [0.15, 0.2) is 0 Å². The van der Waals surface area contributed by atoms with Crippen molar-refractivity contribution in [3.63, 3.8) is 0 Å². The van der Waals surface area contributed by atoms with Gasteiger partial charge < -0.3 is 15.4 Å². The zero-order valence-electron chi connectivity index (χ0n) is 17.9. The molecule has 0 fully saturated rings. The van der Waals surface area contributed by atoms with Crippen molar-refractivity contribution < 1.29 is 31.5 Å². The molecule has 0 radical (unpaired) electrons. The molecule has 11 heteroatoms. The van der Waals surface area contributed by atoms with Gasteiger partial charge in [-0.1, -0.05) is 18.2 Å². The highest BCUT2D eigenvalue weighted by Crippen LogP contribution is 2.20. The van der Waals surface area contributed by atoms with Gasteiger partial charge in [0.2, 0.25) is 15.9 Å². The van der Waals surface area contributed by atoms with Crippen LogP contribution >= 0.6 is 0 Å². The fourth-order valence-corrected chi connectivity index (χ4v) is 3.93. The minimum atomic E-state index is -3.79. The van der Waals surface area contributed by atoms with Crippen LogP contribution in [0.5, 0.6) is 5.75 Å². The fourth-order valence-electron chi connectivity index (χ4n) is 2.91. The van der Waals surface area contributed by atoms with Gasteiger partial charge >= 0.3 is 6.61 Å². The maximum absolute atomic E-state index is 12.5. The summed E-state index contributed by atoms with van der Waals surface area (Å²) >= 11 is 0. The molecule has 3 rings (SSSR count). The van der Waals surface area contributed by atoms with Crippen LogP contribution in [0.2, 0.25) is 0 Å². The molecule has 0 aromatic heterocycles. The highest BCUT2D eigenvalue weighted by Gasteiger charge is 2.14. The first kappa shape index (κ1) is 24.8. The number of nitrogens with one attached hydrogen (secondary N) is 3. The molecule has 0 aliphatic heterocycles. The normalized spacial score (nSPS) is 11.2. The fraction of sp³-hybridized carbons (Fsp3) is 0.130. The van der Waals surface area contributed by atoms with Gasteiger partial charge in [-0.2, -0.15) is 8.78 Å². The van der Waals surface area contributed by atoms with E-state index in [4.69, 9.17) is 0 Å². The molecule has 0 aliphatic rings. The van der Waals surface area contributed by atoms with Crippen molar-refractivity contribution in [2.75, 3.05) is 10.6 Å². The average molecular weight is 490 g/mol. The Morgan fingerprint density at radius 3 is 2.21 bits per heavy atom. The molecule has 34 heavy (non-hydrogen) atoms. The lowest BCUT2D eigenvalue weighted by atomic mass is 10.1. The molecular formula is C23H21F2N3O5S. The van der Waals surface area contributed by atoms with E-state index in [0.717, 1.165) is 0 Å². The number of halogens is 2. The molecule has 0 atom stereocenters. The molecule has 0 heterocycles. The monoisotopic (exact) mass is 489 g/mol. The third-order valence-electron chi connectivity index (χ3n) is 4.48. The Hall–Kier alpha value is -3.83. The number of alkyl halides is 2. The standard InChI is InChI=1S/C23H21F2N3O5S/c1-15(29)27-18-9-11-21(12-10-18)34(31,32)26-14-16-5-7-17(8-6-16)22(30)28-19-3-2-4-20(13-19)33-23(24)25/h2-13,23,26H,14H2,1H3,(H,27,29)(H,28,30). The predicted molar refractivity (Wildman–Crippen MR) is 122 cm³/mol. The summed E-state index contributed by atoms with van der Waals surface area (Å²) in [6.07, 6.45) is 0. The Bertz CT molecular complexity index is 1260. The number of carbonyl (C=O) groups excluding carboxylic acids is 2. The second-order valence-electron chi connectivity index (χ2n) is 7.09. The lowest BCUT2D eigenvalue weighted by Gasteiger charge is -2.10. The van der Waals surface area contributed by atoms with Crippen LogP contribution in [0.25, 0.3) is 0 Å². The summed E-state index contributed by atoms with van der Waals surface area (Å²) in [7, 11) is -3.79. The van der Waals surface area contributed by atoms with E-state index in [1.54, 1.807) is 12.1 Å². The zero-order chi connectivity index (χ0) is 24.7. The van der Waals surface area contributed by atoms with E-state index in [2.05, 4.69) is 20.1 Å². The van der Waals surface area contributed by atoms with Gasteiger partial charge in [-0.05, 0) is 54.1 Å². The lowest BCUT2D eigenvalue weighted by Crippen LogP contribution is -2.23. The summed E-state index contributed by atoms with van der Waals surface area (Å²) in [6, 6.07) is 17.5. The molecule has 0 unspecified atom stereocenters. The first-order valence-electron chi connectivity index (χ1n) is 9.95. The largest absolute Gasteiger partial charge is 0.435 e. The summed E-state index contributed by atoms with van der Waals surface area (Å²) in [6.45, 7) is -1.63. The first-order chi connectivity index (χ1) is 16.1. The first-order valence-corrected chi connectivity index (χ1v) is 11.4. The Morgan fingerprint density at radius 1 is 0.912 bits per heavy atom. The quantitative estimate of drug-likeness (QED) is 0.421. The van der Waals surface area contributed by atoms with E-state index in [1.807, 2.05) is 0 Å². The van der Waals surface area contributed by atoms with Gasteiger partial charge in [0.05, 0.1) is 4.90 Å². The van der Waals surface area contributed by atoms with Crippen molar-refractivity contribution in [2.45, 2.75) is 25.0 Å². The van der Waals surface area contributed by atoms with Gasteiger partial charge in [0.25, 0.3) is 5.91 Å². The number of ether oxygens (including phenoxy) is 1. The molecule has 3 aromatic carbocycles. The zero-order valence-corrected chi connectivity index (χ0v) is 18.7.